The topological polar surface area (TPSA) is 67.3 Å². The Bertz CT molecular complexity index is 827. The van der Waals surface area contributed by atoms with Gasteiger partial charge in [0.05, 0.1) is 0 Å². The van der Waals surface area contributed by atoms with Crippen LogP contribution >= 0.6 is 0 Å². The van der Waals surface area contributed by atoms with Crippen molar-refractivity contribution in [2.45, 2.75) is 19.4 Å². The van der Waals surface area contributed by atoms with Gasteiger partial charge in [0.25, 0.3) is 0 Å². The van der Waals surface area contributed by atoms with Gasteiger partial charge in [-0.05, 0) is 37.4 Å². The van der Waals surface area contributed by atoms with Crippen LogP contribution in [0.3, 0.4) is 0 Å². The molecule has 1 aliphatic heterocycles. The van der Waals surface area contributed by atoms with E-state index in [9.17, 15) is 5.11 Å². The van der Waals surface area contributed by atoms with Gasteiger partial charge in [-0.25, -0.2) is 9.97 Å². The molecule has 1 aromatic carbocycles. The minimum atomic E-state index is 0.286. The number of piperidine rings is 1. The zero-order valence-corrected chi connectivity index (χ0v) is 14.8. The summed E-state index contributed by atoms with van der Waals surface area (Å²) in [5, 5.41) is 9.39. The van der Waals surface area contributed by atoms with E-state index in [4.69, 9.17) is 4.42 Å². The summed E-state index contributed by atoms with van der Waals surface area (Å²) in [7, 11) is 0. The number of aliphatic hydroxyl groups excluding tert-OH is 1. The average Bonchev–Trinajstić information content (AvgIpc) is 3.36. The molecule has 1 fully saturated rings. The molecule has 4 rings (SSSR count). The average molecular weight is 352 g/mol. The van der Waals surface area contributed by atoms with Crippen LogP contribution in [0, 0.1) is 5.92 Å². The van der Waals surface area contributed by atoms with Crippen molar-refractivity contribution in [2.75, 3.05) is 26.2 Å². The maximum Gasteiger partial charge on any atom is 0.226 e. The first-order chi connectivity index (χ1) is 12.8. The van der Waals surface area contributed by atoms with Gasteiger partial charge in [-0.2, -0.15) is 0 Å². The van der Waals surface area contributed by atoms with Crippen molar-refractivity contribution < 1.29 is 9.52 Å². The normalized spacial score (nSPS) is 18.3. The summed E-state index contributed by atoms with van der Waals surface area (Å²) < 4.78 is 7.77. The van der Waals surface area contributed by atoms with Crippen LogP contribution in [0.5, 0.6) is 0 Å². The molecule has 0 amide bonds. The van der Waals surface area contributed by atoms with Crippen molar-refractivity contribution in [3.05, 3.63) is 49.0 Å². The Morgan fingerprint density at radius 2 is 2.08 bits per heavy atom. The SMILES string of the molecule is OCC1CCCN(CCn2ccnc2-c2coc(-c3ccccc3)n2)C1. The summed E-state index contributed by atoms with van der Waals surface area (Å²) in [4.78, 5) is 11.5. The monoisotopic (exact) mass is 352 g/mol. The number of rotatable bonds is 6. The van der Waals surface area contributed by atoms with Crippen LogP contribution in [-0.2, 0) is 6.54 Å². The van der Waals surface area contributed by atoms with Crippen LogP contribution < -0.4 is 0 Å². The summed E-state index contributed by atoms with van der Waals surface area (Å²) in [6, 6.07) is 9.88. The van der Waals surface area contributed by atoms with E-state index in [-0.39, 0.29) is 6.61 Å². The largest absolute Gasteiger partial charge is 0.444 e. The Kier molecular flexibility index (Phi) is 5.13. The molecule has 1 N–H and O–H groups in total. The highest BCUT2D eigenvalue weighted by Crippen LogP contribution is 2.24. The second kappa shape index (κ2) is 7.85. The number of hydrogen-bond donors (Lipinski definition) is 1. The van der Waals surface area contributed by atoms with E-state index < -0.39 is 0 Å². The highest BCUT2D eigenvalue weighted by Gasteiger charge is 2.19. The van der Waals surface area contributed by atoms with Crippen molar-refractivity contribution >= 4 is 0 Å². The maximum absolute atomic E-state index is 9.39. The molecule has 6 nitrogen and oxygen atoms in total. The van der Waals surface area contributed by atoms with E-state index in [1.165, 1.54) is 0 Å². The fourth-order valence-electron chi connectivity index (χ4n) is 3.57. The molecular weight excluding hydrogens is 328 g/mol. The van der Waals surface area contributed by atoms with Gasteiger partial charge >= 0.3 is 0 Å². The van der Waals surface area contributed by atoms with Crippen molar-refractivity contribution in [1.29, 1.82) is 0 Å². The fraction of sp³-hybridized carbons (Fsp3) is 0.400. The Hall–Kier alpha value is -2.44. The van der Waals surface area contributed by atoms with Crippen LogP contribution in [-0.4, -0.2) is 50.8 Å². The standard InChI is InChI=1S/C20H24N4O2/c25-14-16-5-4-9-23(13-16)11-12-24-10-8-21-19(24)18-15-26-20(22-18)17-6-2-1-3-7-17/h1-3,6-8,10,15-16,25H,4-5,9,11-14H2. The van der Waals surface area contributed by atoms with Gasteiger partial charge in [-0.15, -0.1) is 0 Å². The number of hydrogen-bond acceptors (Lipinski definition) is 5. The summed E-state index contributed by atoms with van der Waals surface area (Å²) in [5.41, 5.74) is 1.71. The lowest BCUT2D eigenvalue weighted by atomic mass is 9.99. The molecule has 1 atom stereocenters. The summed E-state index contributed by atoms with van der Waals surface area (Å²) in [6.45, 7) is 4.16. The van der Waals surface area contributed by atoms with Gasteiger partial charge in [0, 0.05) is 44.2 Å². The van der Waals surface area contributed by atoms with E-state index in [0.717, 1.165) is 56.1 Å². The highest BCUT2D eigenvalue weighted by molar-refractivity contribution is 5.58. The zero-order chi connectivity index (χ0) is 17.8. The summed E-state index contributed by atoms with van der Waals surface area (Å²) in [5.74, 6) is 1.85. The molecule has 0 aliphatic carbocycles. The second-order valence-corrected chi connectivity index (χ2v) is 6.84. The zero-order valence-electron chi connectivity index (χ0n) is 14.8. The highest BCUT2D eigenvalue weighted by atomic mass is 16.3. The van der Waals surface area contributed by atoms with Crippen molar-refractivity contribution in [1.82, 2.24) is 19.4 Å². The van der Waals surface area contributed by atoms with Gasteiger partial charge in [-0.3, -0.25) is 0 Å². The lowest BCUT2D eigenvalue weighted by Gasteiger charge is -2.31. The van der Waals surface area contributed by atoms with E-state index in [1.807, 2.05) is 36.5 Å². The number of aromatic nitrogens is 3. The number of nitrogens with zero attached hydrogens (tertiary/aromatic N) is 4. The number of imidazole rings is 1. The molecule has 136 valence electrons. The third kappa shape index (κ3) is 3.71. The quantitative estimate of drug-likeness (QED) is 0.739. The van der Waals surface area contributed by atoms with Crippen LogP contribution in [0.4, 0.5) is 0 Å². The molecule has 0 bridgehead atoms. The van der Waals surface area contributed by atoms with E-state index >= 15 is 0 Å². The van der Waals surface area contributed by atoms with Gasteiger partial charge < -0.3 is 19.0 Å². The van der Waals surface area contributed by atoms with Gasteiger partial charge in [0.1, 0.15) is 12.0 Å². The molecule has 26 heavy (non-hydrogen) atoms. The third-order valence-corrected chi connectivity index (χ3v) is 4.99. The van der Waals surface area contributed by atoms with Crippen LogP contribution in [0.2, 0.25) is 0 Å². The Morgan fingerprint density at radius 3 is 2.92 bits per heavy atom. The Morgan fingerprint density at radius 1 is 1.19 bits per heavy atom. The van der Waals surface area contributed by atoms with Crippen molar-refractivity contribution in [2.24, 2.45) is 5.92 Å². The molecule has 2 aromatic heterocycles. The lowest BCUT2D eigenvalue weighted by molar-refractivity contribution is 0.118. The smallest absolute Gasteiger partial charge is 0.226 e. The minimum Gasteiger partial charge on any atom is -0.444 e. The van der Waals surface area contributed by atoms with E-state index in [1.54, 1.807) is 12.5 Å². The van der Waals surface area contributed by atoms with Crippen LogP contribution in [0.1, 0.15) is 12.8 Å². The fourth-order valence-corrected chi connectivity index (χ4v) is 3.57. The summed E-state index contributed by atoms with van der Waals surface area (Å²) in [6.07, 6.45) is 7.75. The molecule has 0 radical (unpaired) electrons. The van der Waals surface area contributed by atoms with E-state index in [2.05, 4.69) is 19.4 Å². The Balaban J connectivity index is 1.45. The molecule has 6 heteroatoms. The molecular formula is C20H24N4O2. The number of aliphatic hydroxyl groups is 1. The first-order valence-electron chi connectivity index (χ1n) is 9.19. The Labute approximate surface area is 153 Å². The predicted molar refractivity (Wildman–Crippen MR) is 99.4 cm³/mol. The lowest BCUT2D eigenvalue weighted by Crippen LogP contribution is -2.38. The third-order valence-electron chi connectivity index (χ3n) is 4.99. The molecule has 0 saturated carbocycles. The molecule has 0 spiro atoms. The van der Waals surface area contributed by atoms with Gasteiger partial charge in [0.2, 0.25) is 5.89 Å². The molecule has 1 unspecified atom stereocenters. The van der Waals surface area contributed by atoms with Gasteiger partial charge in [-0.1, -0.05) is 18.2 Å². The van der Waals surface area contributed by atoms with Crippen molar-refractivity contribution in [3.8, 4) is 23.0 Å². The molecule has 3 heterocycles. The number of likely N-dealkylation sites (tertiary alicyclic amines) is 1. The first kappa shape index (κ1) is 17.0. The van der Waals surface area contributed by atoms with Crippen LogP contribution in [0.15, 0.2) is 53.4 Å². The number of benzene rings is 1. The predicted octanol–water partition coefficient (Wildman–Crippen LogP) is 2.91. The van der Waals surface area contributed by atoms with Crippen molar-refractivity contribution in [3.63, 3.8) is 0 Å². The maximum atomic E-state index is 9.39. The van der Waals surface area contributed by atoms with E-state index in [0.29, 0.717) is 11.8 Å². The van der Waals surface area contributed by atoms with Gasteiger partial charge in [0.15, 0.2) is 5.82 Å². The molecule has 1 aliphatic rings. The number of oxazole rings is 1. The second-order valence-electron chi connectivity index (χ2n) is 6.84. The van der Waals surface area contributed by atoms with Crippen LogP contribution in [0.25, 0.3) is 23.0 Å². The minimum absolute atomic E-state index is 0.286. The molecule has 1 saturated heterocycles. The molecule has 3 aromatic rings. The first-order valence-corrected chi connectivity index (χ1v) is 9.19. The summed E-state index contributed by atoms with van der Waals surface area (Å²) >= 11 is 0.